The molecule has 0 aliphatic carbocycles. The highest BCUT2D eigenvalue weighted by Crippen LogP contribution is 2.38. The van der Waals surface area contributed by atoms with Crippen molar-refractivity contribution in [3.05, 3.63) is 14.6 Å². The van der Waals surface area contributed by atoms with E-state index in [-0.39, 0.29) is 5.04 Å². The molecule has 0 aliphatic heterocycles. The first-order chi connectivity index (χ1) is 8.21. The van der Waals surface area contributed by atoms with Gasteiger partial charge in [0.1, 0.15) is 9.22 Å². The molecule has 0 radical (unpaired) electrons. The molecule has 3 nitrogen and oxygen atoms in total. The lowest BCUT2D eigenvalue weighted by Crippen LogP contribution is -2.40. The SMILES string of the molecule is CC(C)(C)[Si](C)(C)OCc1cc2n[nH]c(I)c2s1. The average molecular weight is 394 g/mol. The number of aromatic amines is 1. The Hall–Kier alpha value is 0.0769. The predicted molar refractivity (Wildman–Crippen MR) is 88.7 cm³/mol. The van der Waals surface area contributed by atoms with Crippen LogP contribution in [-0.2, 0) is 11.0 Å². The van der Waals surface area contributed by atoms with E-state index >= 15 is 0 Å². The number of hydrogen-bond donors (Lipinski definition) is 1. The average Bonchev–Trinajstić information content (AvgIpc) is 2.77. The molecule has 0 saturated heterocycles. The molecule has 0 aromatic carbocycles. The summed E-state index contributed by atoms with van der Waals surface area (Å²) in [7, 11) is -1.65. The van der Waals surface area contributed by atoms with Gasteiger partial charge in [0.05, 0.1) is 11.3 Å². The van der Waals surface area contributed by atoms with Gasteiger partial charge in [-0.2, -0.15) is 5.10 Å². The minimum absolute atomic E-state index is 0.263. The summed E-state index contributed by atoms with van der Waals surface area (Å²) < 4.78 is 8.58. The van der Waals surface area contributed by atoms with E-state index in [1.807, 2.05) is 0 Å². The van der Waals surface area contributed by atoms with Crippen LogP contribution >= 0.6 is 33.9 Å². The molecule has 0 fully saturated rings. The number of fused-ring (bicyclic) bond motifs is 1. The first-order valence-electron chi connectivity index (χ1n) is 5.97. The van der Waals surface area contributed by atoms with Crippen molar-refractivity contribution in [1.82, 2.24) is 10.2 Å². The number of nitrogens with zero attached hydrogens (tertiary/aromatic N) is 1. The normalized spacial score (nSPS) is 13.4. The molecular weight excluding hydrogens is 375 g/mol. The summed E-state index contributed by atoms with van der Waals surface area (Å²) in [5.41, 5.74) is 1.05. The highest BCUT2D eigenvalue weighted by molar-refractivity contribution is 14.1. The Balaban J connectivity index is 2.11. The quantitative estimate of drug-likeness (QED) is 0.603. The second-order valence-electron chi connectivity index (χ2n) is 6.01. The number of rotatable bonds is 3. The Morgan fingerprint density at radius 2 is 2.11 bits per heavy atom. The fourth-order valence-electron chi connectivity index (χ4n) is 1.37. The minimum atomic E-state index is -1.65. The summed E-state index contributed by atoms with van der Waals surface area (Å²) in [6.07, 6.45) is 0. The van der Waals surface area contributed by atoms with Crippen LogP contribution in [0.5, 0.6) is 0 Å². The summed E-state index contributed by atoms with van der Waals surface area (Å²) in [4.78, 5) is 1.27. The third-order valence-corrected chi connectivity index (χ3v) is 10.4. The highest BCUT2D eigenvalue weighted by Gasteiger charge is 2.37. The van der Waals surface area contributed by atoms with Gasteiger partial charge in [-0.05, 0) is 46.8 Å². The molecule has 1 N–H and O–H groups in total. The molecule has 2 heterocycles. The number of hydrogen-bond acceptors (Lipinski definition) is 3. The number of aromatic nitrogens is 2. The Morgan fingerprint density at radius 3 is 2.67 bits per heavy atom. The molecule has 2 aromatic heterocycles. The standard InChI is InChI=1S/C12H19IN2OSSi/c1-12(2,3)18(4,5)16-7-8-6-9-10(17-8)11(13)15-14-9/h6H,7H2,1-5H3,(H,14,15). The molecule has 18 heavy (non-hydrogen) atoms. The lowest BCUT2D eigenvalue weighted by molar-refractivity contribution is 0.279. The van der Waals surface area contributed by atoms with Crippen molar-refractivity contribution < 1.29 is 4.43 Å². The van der Waals surface area contributed by atoms with Gasteiger partial charge in [0.2, 0.25) is 0 Å². The molecule has 100 valence electrons. The van der Waals surface area contributed by atoms with Gasteiger partial charge in [-0.15, -0.1) is 11.3 Å². The molecule has 6 heteroatoms. The van der Waals surface area contributed by atoms with Gasteiger partial charge >= 0.3 is 0 Å². The van der Waals surface area contributed by atoms with Crippen molar-refractivity contribution in [3.63, 3.8) is 0 Å². The zero-order chi connectivity index (χ0) is 13.6. The van der Waals surface area contributed by atoms with Crippen LogP contribution in [0.3, 0.4) is 0 Å². The van der Waals surface area contributed by atoms with E-state index in [9.17, 15) is 0 Å². The Kier molecular flexibility index (Phi) is 3.93. The number of halogens is 1. The van der Waals surface area contributed by atoms with Crippen LogP contribution < -0.4 is 0 Å². The van der Waals surface area contributed by atoms with Gasteiger partial charge in [-0.3, -0.25) is 5.10 Å². The van der Waals surface area contributed by atoms with Crippen LogP contribution in [-0.4, -0.2) is 18.5 Å². The number of H-pyrrole nitrogens is 1. The molecule has 0 amide bonds. The predicted octanol–water partition coefficient (Wildman–Crippen LogP) is 4.75. The highest BCUT2D eigenvalue weighted by atomic mass is 127. The first kappa shape index (κ1) is 14.5. The summed E-state index contributed by atoms with van der Waals surface area (Å²) in [5.74, 6) is 0. The molecule has 0 atom stereocenters. The van der Waals surface area contributed by atoms with Crippen molar-refractivity contribution >= 4 is 52.5 Å². The van der Waals surface area contributed by atoms with Crippen LogP contribution in [0.25, 0.3) is 10.2 Å². The molecule has 0 saturated carbocycles. The molecule has 2 aromatic rings. The van der Waals surface area contributed by atoms with Crippen LogP contribution in [0.1, 0.15) is 25.6 Å². The fourth-order valence-corrected chi connectivity index (χ4v) is 4.05. The Morgan fingerprint density at radius 1 is 1.44 bits per heavy atom. The maximum atomic E-state index is 6.23. The molecule has 0 bridgehead atoms. The van der Waals surface area contributed by atoms with E-state index in [4.69, 9.17) is 4.43 Å². The van der Waals surface area contributed by atoms with E-state index in [2.05, 4.69) is 72.7 Å². The molecular formula is C12H19IN2OSSi. The molecule has 0 unspecified atom stereocenters. The zero-order valence-electron chi connectivity index (χ0n) is 11.4. The first-order valence-corrected chi connectivity index (χ1v) is 10.8. The summed E-state index contributed by atoms with van der Waals surface area (Å²) in [5, 5.41) is 7.52. The van der Waals surface area contributed by atoms with Crippen molar-refractivity contribution in [2.45, 2.75) is 45.5 Å². The number of thiophene rings is 1. The second-order valence-corrected chi connectivity index (χ2v) is 13.0. The van der Waals surface area contributed by atoms with E-state index in [0.29, 0.717) is 6.61 Å². The van der Waals surface area contributed by atoms with E-state index in [1.165, 1.54) is 9.58 Å². The molecule has 0 aliphatic rings. The van der Waals surface area contributed by atoms with Crippen LogP contribution in [0.2, 0.25) is 18.1 Å². The smallest absolute Gasteiger partial charge is 0.192 e. The van der Waals surface area contributed by atoms with Crippen molar-refractivity contribution in [2.75, 3.05) is 0 Å². The lowest BCUT2D eigenvalue weighted by atomic mass is 10.2. The zero-order valence-corrected chi connectivity index (χ0v) is 15.4. The second kappa shape index (κ2) is 4.88. The summed E-state index contributed by atoms with van der Waals surface area (Å²) in [6, 6.07) is 2.13. The van der Waals surface area contributed by atoms with Crippen molar-refractivity contribution in [1.29, 1.82) is 0 Å². The Labute approximate surface area is 127 Å². The maximum absolute atomic E-state index is 6.23. The third-order valence-electron chi connectivity index (χ3n) is 3.62. The Bertz CT molecular complexity index is 556. The van der Waals surface area contributed by atoms with Gasteiger partial charge in [0.15, 0.2) is 8.32 Å². The number of nitrogens with one attached hydrogen (secondary N) is 1. The van der Waals surface area contributed by atoms with E-state index in [0.717, 1.165) is 9.22 Å². The van der Waals surface area contributed by atoms with Crippen LogP contribution in [0.15, 0.2) is 6.07 Å². The maximum Gasteiger partial charge on any atom is 0.192 e. The van der Waals surface area contributed by atoms with Gasteiger partial charge in [-0.25, -0.2) is 0 Å². The minimum Gasteiger partial charge on any atom is -0.412 e. The van der Waals surface area contributed by atoms with Gasteiger partial charge in [-0.1, -0.05) is 20.8 Å². The van der Waals surface area contributed by atoms with Crippen molar-refractivity contribution in [2.24, 2.45) is 0 Å². The third kappa shape index (κ3) is 2.81. The van der Waals surface area contributed by atoms with Crippen LogP contribution in [0, 0.1) is 3.70 Å². The van der Waals surface area contributed by atoms with Crippen molar-refractivity contribution in [3.8, 4) is 0 Å². The summed E-state index contributed by atoms with van der Waals surface area (Å²) in [6.45, 7) is 12.1. The fraction of sp³-hybridized carbons (Fsp3) is 0.583. The molecule has 2 rings (SSSR count). The monoisotopic (exact) mass is 394 g/mol. The topological polar surface area (TPSA) is 37.9 Å². The van der Waals surface area contributed by atoms with Crippen LogP contribution in [0.4, 0.5) is 0 Å². The van der Waals surface area contributed by atoms with Gasteiger partial charge in [0.25, 0.3) is 0 Å². The lowest BCUT2D eigenvalue weighted by Gasteiger charge is -2.35. The van der Waals surface area contributed by atoms with Gasteiger partial charge in [0, 0.05) is 4.88 Å². The molecule has 0 spiro atoms. The van der Waals surface area contributed by atoms with Gasteiger partial charge < -0.3 is 4.43 Å². The summed E-state index contributed by atoms with van der Waals surface area (Å²) >= 11 is 4.06. The van der Waals surface area contributed by atoms with E-state index < -0.39 is 8.32 Å². The largest absolute Gasteiger partial charge is 0.412 e. The van der Waals surface area contributed by atoms with E-state index in [1.54, 1.807) is 11.3 Å².